The Morgan fingerprint density at radius 2 is 2.09 bits per heavy atom. The average molecular weight is 154 g/mol. The van der Waals surface area contributed by atoms with Gasteiger partial charge in [-0.05, 0) is 24.8 Å². The molecular weight excluding hydrogens is 136 g/mol. The van der Waals surface area contributed by atoms with Crippen molar-refractivity contribution in [3.63, 3.8) is 0 Å². The van der Waals surface area contributed by atoms with E-state index in [1.807, 2.05) is 0 Å². The van der Waals surface area contributed by atoms with Gasteiger partial charge in [0.15, 0.2) is 0 Å². The predicted molar refractivity (Wildman–Crippen MR) is 46.3 cm³/mol. The maximum atomic E-state index is 5.94. The van der Waals surface area contributed by atoms with Gasteiger partial charge in [-0.2, -0.15) is 0 Å². The first-order valence-electron chi connectivity index (χ1n) is 4.82. The van der Waals surface area contributed by atoms with Crippen molar-refractivity contribution in [3.05, 3.63) is 0 Å². The Morgan fingerprint density at radius 1 is 1.27 bits per heavy atom. The Kier molecular flexibility index (Phi) is 2.14. The Hall–Kier alpha value is -0.0800. The third-order valence-electron chi connectivity index (χ3n) is 3.25. The molecule has 11 heavy (non-hydrogen) atoms. The Morgan fingerprint density at radius 3 is 2.55 bits per heavy atom. The maximum Gasteiger partial charge on any atom is 0.0206 e. The van der Waals surface area contributed by atoms with Gasteiger partial charge in [-0.15, -0.1) is 0 Å². The summed E-state index contributed by atoms with van der Waals surface area (Å²) in [6.07, 6.45) is 5.76. The first kappa shape index (κ1) is 7.56. The monoisotopic (exact) mass is 154 g/mol. The van der Waals surface area contributed by atoms with Crippen molar-refractivity contribution < 1.29 is 0 Å². The maximum absolute atomic E-state index is 5.94. The second-order valence-corrected chi connectivity index (χ2v) is 4.11. The van der Waals surface area contributed by atoms with Crippen LogP contribution in [0, 0.1) is 11.8 Å². The Balaban J connectivity index is 1.75. The first-order valence-corrected chi connectivity index (χ1v) is 4.82. The molecule has 0 aromatic heterocycles. The van der Waals surface area contributed by atoms with Crippen LogP contribution in [0.5, 0.6) is 0 Å². The van der Waals surface area contributed by atoms with Gasteiger partial charge in [0.2, 0.25) is 0 Å². The topological polar surface area (TPSA) is 38.0 Å². The van der Waals surface area contributed by atoms with Gasteiger partial charge >= 0.3 is 0 Å². The van der Waals surface area contributed by atoms with Crippen molar-refractivity contribution in [2.75, 3.05) is 13.1 Å². The van der Waals surface area contributed by atoms with Gasteiger partial charge in [0.25, 0.3) is 0 Å². The van der Waals surface area contributed by atoms with E-state index in [0.717, 1.165) is 24.9 Å². The fourth-order valence-corrected chi connectivity index (χ4v) is 2.17. The molecule has 1 heterocycles. The smallest absolute Gasteiger partial charge is 0.0206 e. The Labute approximate surface area is 68.5 Å². The summed E-state index contributed by atoms with van der Waals surface area (Å²) in [7, 11) is 0. The molecule has 2 nitrogen and oxygen atoms in total. The van der Waals surface area contributed by atoms with E-state index in [2.05, 4.69) is 5.32 Å². The molecule has 3 N–H and O–H groups in total. The molecule has 0 aromatic rings. The van der Waals surface area contributed by atoms with Crippen LogP contribution in [0.2, 0.25) is 0 Å². The van der Waals surface area contributed by atoms with E-state index in [0.29, 0.717) is 6.04 Å². The zero-order valence-electron chi connectivity index (χ0n) is 7.05. The van der Waals surface area contributed by atoms with Crippen molar-refractivity contribution >= 4 is 0 Å². The van der Waals surface area contributed by atoms with Crippen molar-refractivity contribution in [3.8, 4) is 0 Å². The van der Waals surface area contributed by atoms with Gasteiger partial charge in [-0.25, -0.2) is 0 Å². The van der Waals surface area contributed by atoms with Crippen LogP contribution < -0.4 is 11.1 Å². The normalized spacial score (nSPS) is 39.0. The summed E-state index contributed by atoms with van der Waals surface area (Å²) in [6, 6.07) is 0.440. The van der Waals surface area contributed by atoms with Gasteiger partial charge in [0, 0.05) is 12.6 Å². The van der Waals surface area contributed by atoms with Gasteiger partial charge in [0.05, 0.1) is 0 Å². The molecule has 1 saturated heterocycles. The lowest BCUT2D eigenvalue weighted by Gasteiger charge is -2.29. The van der Waals surface area contributed by atoms with Gasteiger partial charge in [-0.3, -0.25) is 0 Å². The molecule has 0 radical (unpaired) electrons. The highest BCUT2D eigenvalue weighted by molar-refractivity contribution is 4.86. The third-order valence-corrected chi connectivity index (χ3v) is 3.25. The van der Waals surface area contributed by atoms with Crippen LogP contribution in [0.4, 0.5) is 0 Å². The molecule has 1 aliphatic heterocycles. The van der Waals surface area contributed by atoms with Gasteiger partial charge in [0.1, 0.15) is 0 Å². The van der Waals surface area contributed by atoms with Crippen LogP contribution in [0.25, 0.3) is 0 Å². The molecule has 0 aromatic carbocycles. The molecule has 2 heteroatoms. The second-order valence-electron chi connectivity index (χ2n) is 4.11. The third kappa shape index (κ3) is 1.57. The summed E-state index contributed by atoms with van der Waals surface area (Å²) in [5, 5.41) is 3.35. The molecule has 2 rings (SSSR count). The molecular formula is C9H18N2. The summed E-state index contributed by atoms with van der Waals surface area (Å²) >= 11 is 0. The average Bonchev–Trinajstić information content (AvgIpc) is 2.27. The summed E-state index contributed by atoms with van der Waals surface area (Å²) in [4.78, 5) is 0. The van der Waals surface area contributed by atoms with Crippen LogP contribution in [0.3, 0.4) is 0 Å². The molecule has 0 bridgehead atoms. The number of hydrogen-bond acceptors (Lipinski definition) is 2. The molecule has 2 aliphatic rings. The predicted octanol–water partition coefficient (Wildman–Crippen LogP) is 0.723. The number of rotatable bonds is 2. The van der Waals surface area contributed by atoms with Gasteiger partial charge in [-0.1, -0.05) is 19.3 Å². The highest BCUT2D eigenvalue weighted by Gasteiger charge is 2.28. The molecule has 64 valence electrons. The van der Waals surface area contributed by atoms with E-state index in [-0.39, 0.29) is 0 Å². The highest BCUT2D eigenvalue weighted by atomic mass is 15.0. The second kappa shape index (κ2) is 3.11. The highest BCUT2D eigenvalue weighted by Crippen LogP contribution is 2.33. The minimum absolute atomic E-state index is 0.440. The van der Waals surface area contributed by atoms with Crippen molar-refractivity contribution in [2.45, 2.75) is 31.7 Å². The number of nitrogens with two attached hydrogens (primary N) is 1. The van der Waals surface area contributed by atoms with Crippen molar-refractivity contribution in [1.82, 2.24) is 5.32 Å². The zero-order chi connectivity index (χ0) is 7.68. The molecule has 0 spiro atoms. The number of nitrogens with one attached hydrogen (secondary N) is 1. The molecule has 0 amide bonds. The van der Waals surface area contributed by atoms with Crippen LogP contribution in [-0.2, 0) is 0 Å². The first-order chi connectivity index (χ1) is 5.36. The van der Waals surface area contributed by atoms with Crippen LogP contribution >= 0.6 is 0 Å². The standard InChI is InChI=1S/C9H18N2/c10-9-6-11-5-8(9)4-7-2-1-3-7/h7-9,11H,1-6,10H2/t8-,9+/m0/s1. The molecule has 1 saturated carbocycles. The fourth-order valence-electron chi connectivity index (χ4n) is 2.17. The summed E-state index contributed by atoms with van der Waals surface area (Å²) < 4.78 is 0. The van der Waals surface area contributed by atoms with E-state index in [1.165, 1.54) is 25.7 Å². The van der Waals surface area contributed by atoms with E-state index < -0.39 is 0 Å². The quantitative estimate of drug-likeness (QED) is 0.615. The van der Waals surface area contributed by atoms with Crippen LogP contribution in [0.15, 0.2) is 0 Å². The van der Waals surface area contributed by atoms with Crippen molar-refractivity contribution in [2.24, 2.45) is 17.6 Å². The van der Waals surface area contributed by atoms with E-state index in [1.54, 1.807) is 0 Å². The van der Waals surface area contributed by atoms with Crippen LogP contribution in [0.1, 0.15) is 25.7 Å². The lowest BCUT2D eigenvalue weighted by molar-refractivity contribution is 0.248. The summed E-state index contributed by atoms with van der Waals surface area (Å²) in [5.74, 6) is 1.80. The van der Waals surface area contributed by atoms with E-state index >= 15 is 0 Å². The number of hydrogen-bond donors (Lipinski definition) is 2. The molecule has 2 fully saturated rings. The van der Waals surface area contributed by atoms with E-state index in [9.17, 15) is 0 Å². The molecule has 2 atom stereocenters. The minimum atomic E-state index is 0.440. The van der Waals surface area contributed by atoms with Gasteiger partial charge < -0.3 is 11.1 Å². The summed E-state index contributed by atoms with van der Waals surface area (Å²) in [6.45, 7) is 2.20. The van der Waals surface area contributed by atoms with E-state index in [4.69, 9.17) is 5.73 Å². The lowest BCUT2D eigenvalue weighted by Crippen LogP contribution is -2.31. The molecule has 0 unspecified atom stereocenters. The summed E-state index contributed by atoms with van der Waals surface area (Å²) in [5.41, 5.74) is 5.94. The lowest BCUT2D eigenvalue weighted by atomic mass is 9.78. The van der Waals surface area contributed by atoms with Crippen LogP contribution in [-0.4, -0.2) is 19.1 Å². The fraction of sp³-hybridized carbons (Fsp3) is 1.00. The van der Waals surface area contributed by atoms with Crippen molar-refractivity contribution in [1.29, 1.82) is 0 Å². The SMILES string of the molecule is N[C@@H]1CNC[C@@H]1CC1CCC1. The largest absolute Gasteiger partial charge is 0.326 e. The minimum Gasteiger partial charge on any atom is -0.326 e. The molecule has 1 aliphatic carbocycles. The Bertz CT molecular complexity index is 132. The zero-order valence-corrected chi connectivity index (χ0v) is 7.05.